The van der Waals surface area contributed by atoms with E-state index in [1.54, 1.807) is 11.1 Å². The number of aryl methyl sites for hydroxylation is 1. The van der Waals surface area contributed by atoms with Crippen LogP contribution in [-0.4, -0.2) is 0 Å². The molecule has 1 saturated carbocycles. The molecule has 4 rings (SSSR count). The van der Waals surface area contributed by atoms with Crippen LogP contribution in [0.25, 0.3) is 0 Å². The zero-order valence-electron chi connectivity index (χ0n) is 24.7. The predicted molar refractivity (Wildman–Crippen MR) is 160 cm³/mol. The molecule has 0 bridgehead atoms. The average Bonchev–Trinajstić information content (AvgIpc) is 3.24. The van der Waals surface area contributed by atoms with E-state index in [2.05, 4.69) is 104 Å². The van der Waals surface area contributed by atoms with Crippen LogP contribution in [0.5, 0.6) is 0 Å². The highest BCUT2D eigenvalue weighted by Crippen LogP contribution is 2.43. The summed E-state index contributed by atoms with van der Waals surface area (Å²) >= 11 is 1.85. The number of thiophene rings is 1. The number of hydrogen-bond donors (Lipinski definition) is 0. The van der Waals surface area contributed by atoms with Crippen LogP contribution in [0.2, 0.25) is 0 Å². The van der Waals surface area contributed by atoms with Crippen molar-refractivity contribution in [3.05, 3.63) is 57.8 Å². The van der Waals surface area contributed by atoms with Crippen molar-refractivity contribution in [3.8, 4) is 0 Å². The van der Waals surface area contributed by atoms with Crippen LogP contribution >= 0.6 is 11.3 Å². The molecule has 0 nitrogen and oxygen atoms in total. The van der Waals surface area contributed by atoms with Gasteiger partial charge in [0.1, 0.15) is 0 Å². The summed E-state index contributed by atoms with van der Waals surface area (Å²) in [5.74, 6) is 1.80. The molecule has 1 heteroatoms. The molecule has 198 valence electrons. The van der Waals surface area contributed by atoms with E-state index in [4.69, 9.17) is 0 Å². The summed E-state index contributed by atoms with van der Waals surface area (Å²) in [6.07, 6.45) is 14.1. The number of fused-ring (bicyclic) bond motifs is 1. The maximum atomic E-state index is 2.36. The number of benzene rings is 1. The topological polar surface area (TPSA) is 0 Å². The van der Waals surface area contributed by atoms with Crippen LogP contribution in [0.3, 0.4) is 0 Å². The number of rotatable bonds is 2. The fraction of sp³-hybridized carbons (Fsp3) is 0.706. The summed E-state index contributed by atoms with van der Waals surface area (Å²) in [6.45, 7) is 21.0. The Balaban J connectivity index is 0.000000189. The second kappa shape index (κ2) is 13.5. The molecule has 0 saturated heterocycles. The maximum Gasteiger partial charge on any atom is 0.00504 e. The first-order valence-corrected chi connectivity index (χ1v) is 15.2. The first-order valence-electron chi connectivity index (χ1n) is 14.3. The van der Waals surface area contributed by atoms with Gasteiger partial charge in [0, 0.05) is 4.88 Å². The van der Waals surface area contributed by atoms with Crippen molar-refractivity contribution >= 4 is 11.3 Å². The van der Waals surface area contributed by atoms with Gasteiger partial charge in [-0.2, -0.15) is 0 Å². The van der Waals surface area contributed by atoms with Crippen LogP contribution in [0.1, 0.15) is 136 Å². The fourth-order valence-corrected chi connectivity index (χ4v) is 6.85. The highest BCUT2D eigenvalue weighted by atomic mass is 32.1. The monoisotopic (exact) mass is 496 g/mol. The van der Waals surface area contributed by atoms with E-state index in [0.717, 1.165) is 11.8 Å². The molecule has 0 aliphatic heterocycles. The van der Waals surface area contributed by atoms with Crippen molar-refractivity contribution in [2.75, 3.05) is 0 Å². The van der Waals surface area contributed by atoms with Gasteiger partial charge in [0.15, 0.2) is 0 Å². The third-order valence-electron chi connectivity index (χ3n) is 7.33. The van der Waals surface area contributed by atoms with E-state index in [1.807, 2.05) is 11.3 Å². The SMILES string of the molecule is CC(C)(C)C1CCCc2ccccc21.CC(C)(C)CC1CCCCC1.CC(C)(C)Cc1cccs1. The highest BCUT2D eigenvalue weighted by Gasteiger charge is 2.29. The average molecular weight is 497 g/mol. The lowest BCUT2D eigenvalue weighted by atomic mass is 9.69. The van der Waals surface area contributed by atoms with E-state index >= 15 is 0 Å². The van der Waals surface area contributed by atoms with Gasteiger partial charge in [-0.25, -0.2) is 0 Å². The van der Waals surface area contributed by atoms with Crippen molar-refractivity contribution < 1.29 is 0 Å². The molecule has 1 heterocycles. The second-order valence-corrected chi connectivity index (χ2v) is 15.6. The molecule has 35 heavy (non-hydrogen) atoms. The molecule has 2 aromatic rings. The van der Waals surface area contributed by atoms with E-state index in [9.17, 15) is 0 Å². The highest BCUT2D eigenvalue weighted by molar-refractivity contribution is 7.09. The first kappa shape index (κ1) is 30.1. The summed E-state index contributed by atoms with van der Waals surface area (Å²) in [5, 5.41) is 2.14. The van der Waals surface area contributed by atoms with Gasteiger partial charge in [-0.1, -0.05) is 125 Å². The Kier molecular flexibility index (Phi) is 11.6. The van der Waals surface area contributed by atoms with Gasteiger partial charge in [0.2, 0.25) is 0 Å². The standard InChI is InChI=1S/C14H20.C11H22.C9H14S/c1-14(2,3)13-10-6-8-11-7-4-5-9-12(11)13;1-11(2,3)9-10-7-5-4-6-8-10;1-9(2,3)7-8-5-4-6-10-8/h4-5,7,9,13H,6,8,10H2,1-3H3;10H,4-9H2,1-3H3;4-6H,7H2,1-3H3. The lowest BCUT2D eigenvalue weighted by Gasteiger charge is -2.35. The summed E-state index contributed by atoms with van der Waals surface area (Å²) < 4.78 is 0. The van der Waals surface area contributed by atoms with Gasteiger partial charge < -0.3 is 0 Å². The van der Waals surface area contributed by atoms with Gasteiger partial charge in [-0.15, -0.1) is 11.3 Å². The normalized spacial score (nSPS) is 19.1. The molecular weight excluding hydrogens is 440 g/mol. The predicted octanol–water partition coefficient (Wildman–Crippen LogP) is 11.5. The van der Waals surface area contributed by atoms with Crippen molar-refractivity contribution in [3.63, 3.8) is 0 Å². The molecule has 1 atom stereocenters. The first-order chi connectivity index (χ1) is 16.2. The Morgan fingerprint density at radius 1 is 0.714 bits per heavy atom. The minimum absolute atomic E-state index is 0.413. The zero-order valence-corrected chi connectivity index (χ0v) is 25.5. The minimum Gasteiger partial charge on any atom is -0.149 e. The molecule has 1 aromatic heterocycles. The lowest BCUT2D eigenvalue weighted by molar-refractivity contribution is 0.240. The molecule has 0 N–H and O–H groups in total. The summed E-state index contributed by atoms with van der Waals surface area (Å²) in [6, 6.07) is 13.3. The van der Waals surface area contributed by atoms with Gasteiger partial charge >= 0.3 is 0 Å². The Morgan fingerprint density at radius 2 is 1.37 bits per heavy atom. The summed E-state index contributed by atoms with van der Waals surface area (Å²) in [5.41, 5.74) is 4.59. The molecule has 1 unspecified atom stereocenters. The van der Waals surface area contributed by atoms with E-state index in [-0.39, 0.29) is 0 Å². The molecule has 2 aliphatic rings. The molecule has 0 radical (unpaired) electrons. The smallest absolute Gasteiger partial charge is 0.00504 e. The third-order valence-corrected chi connectivity index (χ3v) is 8.20. The largest absolute Gasteiger partial charge is 0.149 e. The van der Waals surface area contributed by atoms with Gasteiger partial charge in [-0.05, 0) is 82.8 Å². The molecule has 2 aliphatic carbocycles. The van der Waals surface area contributed by atoms with Gasteiger partial charge in [-0.3, -0.25) is 0 Å². The Bertz CT molecular complexity index is 817. The molecule has 1 aromatic carbocycles. The Morgan fingerprint density at radius 3 is 1.91 bits per heavy atom. The summed E-state index contributed by atoms with van der Waals surface area (Å²) in [7, 11) is 0. The van der Waals surface area contributed by atoms with Gasteiger partial charge in [0.25, 0.3) is 0 Å². The van der Waals surface area contributed by atoms with Crippen molar-refractivity contribution in [1.82, 2.24) is 0 Å². The Hall–Kier alpha value is -1.08. The van der Waals surface area contributed by atoms with Crippen LogP contribution in [0, 0.1) is 22.2 Å². The lowest BCUT2D eigenvalue weighted by Crippen LogP contribution is -2.22. The van der Waals surface area contributed by atoms with Crippen LogP contribution < -0.4 is 0 Å². The fourth-order valence-electron chi connectivity index (χ4n) is 5.85. The molecule has 0 spiro atoms. The van der Waals surface area contributed by atoms with Crippen molar-refractivity contribution in [2.45, 2.75) is 132 Å². The summed E-state index contributed by atoms with van der Waals surface area (Å²) in [4.78, 5) is 1.49. The molecule has 0 amide bonds. The number of hydrogen-bond acceptors (Lipinski definition) is 1. The molecular formula is C34H56S. The Labute approximate surface area is 223 Å². The van der Waals surface area contributed by atoms with E-state index in [1.165, 1.54) is 69.1 Å². The second-order valence-electron chi connectivity index (χ2n) is 14.6. The van der Waals surface area contributed by atoms with Crippen molar-refractivity contribution in [1.29, 1.82) is 0 Å². The van der Waals surface area contributed by atoms with Crippen LogP contribution in [-0.2, 0) is 12.8 Å². The zero-order chi connectivity index (χ0) is 26.1. The van der Waals surface area contributed by atoms with E-state index < -0.39 is 0 Å². The van der Waals surface area contributed by atoms with Crippen molar-refractivity contribution in [2.24, 2.45) is 22.2 Å². The third kappa shape index (κ3) is 12.1. The quantitative estimate of drug-likeness (QED) is 0.388. The van der Waals surface area contributed by atoms with Crippen LogP contribution in [0.15, 0.2) is 41.8 Å². The van der Waals surface area contributed by atoms with Gasteiger partial charge in [0.05, 0.1) is 0 Å². The maximum absolute atomic E-state index is 2.36. The molecule has 1 fully saturated rings. The van der Waals surface area contributed by atoms with Crippen LogP contribution in [0.4, 0.5) is 0 Å². The van der Waals surface area contributed by atoms with E-state index in [0.29, 0.717) is 16.2 Å². The minimum atomic E-state index is 0.413.